The highest BCUT2D eigenvalue weighted by Gasteiger charge is 2.20. The molecule has 0 spiro atoms. The minimum Gasteiger partial charge on any atom is -0.388 e. The van der Waals surface area contributed by atoms with Crippen LogP contribution < -0.4 is 16.0 Å². The van der Waals surface area contributed by atoms with Gasteiger partial charge in [0.05, 0.1) is 5.57 Å². The smallest absolute Gasteiger partial charge is 0.255 e. The van der Waals surface area contributed by atoms with Crippen LogP contribution >= 0.6 is 0 Å². The van der Waals surface area contributed by atoms with E-state index in [2.05, 4.69) is 29.5 Å². The van der Waals surface area contributed by atoms with E-state index >= 15 is 0 Å². The topological polar surface area (TPSA) is 73.5 Å². The molecule has 0 fully saturated rings. The van der Waals surface area contributed by atoms with Gasteiger partial charge >= 0.3 is 0 Å². The predicted molar refractivity (Wildman–Crippen MR) is 181 cm³/mol. The van der Waals surface area contributed by atoms with Gasteiger partial charge in [-0.25, -0.2) is 4.39 Å². The highest BCUT2D eigenvalue weighted by atomic mass is 19.1. The third kappa shape index (κ3) is 12.4. The van der Waals surface area contributed by atoms with Crippen molar-refractivity contribution in [1.29, 1.82) is 0 Å². The Morgan fingerprint density at radius 2 is 1.52 bits per heavy atom. The maximum atomic E-state index is 14.6. The molecule has 0 aromatic heterocycles. The normalized spacial score (nSPS) is 10.7. The first kappa shape index (κ1) is 40.4. The standard InChI is InChI=1S/C26H30FN3O2.C5H13N.2C2H6/c1-6-19(26(32)30(7-2)8-3)24(29-5)16-18(17-31)25-21(13-11-15-23(25)28-4)20-12-9-10-14-22(20)27;1-3-4-5-6-2;2*1-2/h6,9-17,28-29H,1,7-8H2,2-5H3;6H,3-5H2,1-2H3;2*1-2H3/b18-16+,24-19+;;;. The summed E-state index contributed by atoms with van der Waals surface area (Å²) in [4.78, 5) is 26.9. The zero-order valence-electron chi connectivity index (χ0n) is 27.7. The van der Waals surface area contributed by atoms with Gasteiger partial charge in [0.25, 0.3) is 5.91 Å². The zero-order chi connectivity index (χ0) is 32.5. The maximum Gasteiger partial charge on any atom is 0.255 e. The highest BCUT2D eigenvalue weighted by Crippen LogP contribution is 2.35. The van der Waals surface area contributed by atoms with Crippen LogP contribution in [0.2, 0.25) is 0 Å². The van der Waals surface area contributed by atoms with Crippen molar-refractivity contribution < 1.29 is 14.0 Å². The van der Waals surface area contributed by atoms with Crippen LogP contribution in [0.25, 0.3) is 16.7 Å². The number of rotatable bonds is 13. The highest BCUT2D eigenvalue weighted by molar-refractivity contribution is 6.13. The molecule has 0 atom stereocenters. The fourth-order valence-corrected chi connectivity index (χ4v) is 3.93. The number of benzene rings is 2. The fraction of sp³-hybridized carbons (Fsp3) is 0.429. The van der Waals surface area contributed by atoms with Gasteiger partial charge in [-0.05, 0) is 57.6 Å². The van der Waals surface area contributed by atoms with E-state index in [1.54, 1.807) is 55.4 Å². The van der Waals surface area contributed by atoms with Gasteiger partial charge in [-0.1, -0.05) is 84.0 Å². The minimum absolute atomic E-state index is 0.188. The van der Waals surface area contributed by atoms with Crippen molar-refractivity contribution in [2.75, 3.05) is 46.1 Å². The molecule has 2 rings (SSSR count). The second-order valence-corrected chi connectivity index (χ2v) is 8.39. The van der Waals surface area contributed by atoms with Crippen molar-refractivity contribution in [1.82, 2.24) is 15.5 Å². The van der Waals surface area contributed by atoms with Gasteiger partial charge < -0.3 is 20.9 Å². The number of unbranched alkanes of at least 4 members (excludes halogenated alkanes) is 1. The zero-order valence-corrected chi connectivity index (χ0v) is 27.7. The van der Waals surface area contributed by atoms with E-state index < -0.39 is 0 Å². The number of aldehydes is 1. The lowest BCUT2D eigenvalue weighted by Crippen LogP contribution is -2.32. The van der Waals surface area contributed by atoms with Gasteiger partial charge in [0, 0.05) is 55.3 Å². The largest absolute Gasteiger partial charge is 0.388 e. The molecular weight excluding hydrogens is 527 g/mol. The summed E-state index contributed by atoms with van der Waals surface area (Å²) >= 11 is 0. The molecule has 234 valence electrons. The van der Waals surface area contributed by atoms with Crippen LogP contribution in [-0.2, 0) is 9.59 Å². The number of amides is 1. The second kappa shape index (κ2) is 25.0. The van der Waals surface area contributed by atoms with Crippen molar-refractivity contribution in [2.45, 2.75) is 61.3 Å². The first-order chi connectivity index (χ1) is 20.4. The van der Waals surface area contributed by atoms with Crippen molar-refractivity contribution in [3.63, 3.8) is 0 Å². The van der Waals surface area contributed by atoms with Crippen LogP contribution in [0.1, 0.15) is 66.9 Å². The molecular formula is C35H55FN4O2. The Kier molecular flexibility index (Phi) is 24.1. The molecule has 2 aromatic rings. The van der Waals surface area contributed by atoms with Crippen molar-refractivity contribution in [3.05, 3.63) is 83.8 Å². The van der Waals surface area contributed by atoms with Crippen LogP contribution in [0, 0.1) is 5.82 Å². The quantitative estimate of drug-likeness (QED) is 0.0977. The fourth-order valence-electron chi connectivity index (χ4n) is 3.93. The number of carbonyl (C=O) groups excluding carboxylic acids is 2. The molecule has 1 amide bonds. The molecule has 2 aromatic carbocycles. The summed E-state index contributed by atoms with van der Waals surface area (Å²) in [6.45, 7) is 20.0. The Balaban J connectivity index is 0. The molecule has 0 aliphatic heterocycles. The summed E-state index contributed by atoms with van der Waals surface area (Å²) in [6.07, 6.45) is 6.39. The van der Waals surface area contributed by atoms with E-state index in [9.17, 15) is 14.0 Å². The van der Waals surface area contributed by atoms with E-state index in [4.69, 9.17) is 0 Å². The number of carbonyl (C=O) groups is 2. The average molecular weight is 583 g/mol. The van der Waals surface area contributed by atoms with Gasteiger partial charge in [-0.15, -0.1) is 0 Å². The summed E-state index contributed by atoms with van der Waals surface area (Å²) in [6, 6.07) is 11.8. The second-order valence-electron chi connectivity index (χ2n) is 8.39. The molecule has 0 unspecified atom stereocenters. The number of halogens is 1. The average Bonchev–Trinajstić information content (AvgIpc) is 3.04. The van der Waals surface area contributed by atoms with Crippen molar-refractivity contribution in [3.8, 4) is 11.1 Å². The number of hydrogen-bond acceptors (Lipinski definition) is 5. The van der Waals surface area contributed by atoms with Crippen molar-refractivity contribution in [2.24, 2.45) is 0 Å². The van der Waals surface area contributed by atoms with Gasteiger partial charge in [0.1, 0.15) is 5.82 Å². The first-order valence-electron chi connectivity index (χ1n) is 15.1. The molecule has 0 bridgehead atoms. The number of likely N-dealkylation sites (N-methyl/N-ethyl adjacent to an activating group) is 2. The number of allylic oxidation sites excluding steroid dienone is 2. The van der Waals surface area contributed by atoms with E-state index in [1.807, 2.05) is 54.7 Å². The summed E-state index contributed by atoms with van der Waals surface area (Å²) in [7, 11) is 5.39. The van der Waals surface area contributed by atoms with Crippen LogP contribution in [0.4, 0.5) is 10.1 Å². The first-order valence-corrected chi connectivity index (χ1v) is 15.1. The third-order valence-corrected chi connectivity index (χ3v) is 6.04. The molecule has 0 saturated heterocycles. The summed E-state index contributed by atoms with van der Waals surface area (Å²) in [5.41, 5.74) is 3.25. The Morgan fingerprint density at radius 3 is 1.95 bits per heavy atom. The van der Waals surface area contributed by atoms with Gasteiger partial charge in [-0.2, -0.15) is 0 Å². The minimum atomic E-state index is -0.389. The molecule has 0 saturated carbocycles. The Morgan fingerprint density at radius 1 is 0.929 bits per heavy atom. The number of nitrogens with zero attached hydrogens (tertiary/aromatic N) is 1. The van der Waals surface area contributed by atoms with Gasteiger partial charge in [-0.3, -0.25) is 9.59 Å². The van der Waals surface area contributed by atoms with Crippen LogP contribution in [0.15, 0.2) is 72.5 Å². The summed E-state index contributed by atoms with van der Waals surface area (Å²) < 4.78 is 14.6. The molecule has 0 radical (unpaired) electrons. The molecule has 6 nitrogen and oxygen atoms in total. The van der Waals surface area contributed by atoms with E-state index in [0.717, 1.165) is 6.54 Å². The predicted octanol–water partition coefficient (Wildman–Crippen LogP) is 7.70. The van der Waals surface area contributed by atoms with E-state index in [-0.39, 0.29) is 11.7 Å². The molecule has 7 heteroatoms. The van der Waals surface area contributed by atoms with E-state index in [1.165, 1.54) is 25.0 Å². The molecule has 3 N–H and O–H groups in total. The van der Waals surface area contributed by atoms with Crippen LogP contribution in [-0.4, -0.2) is 57.9 Å². The molecule has 42 heavy (non-hydrogen) atoms. The van der Waals surface area contributed by atoms with Gasteiger partial charge in [0.2, 0.25) is 0 Å². The Labute approximate surface area is 255 Å². The lowest BCUT2D eigenvalue weighted by Gasteiger charge is -2.21. The van der Waals surface area contributed by atoms with Crippen LogP contribution in [0.3, 0.4) is 0 Å². The third-order valence-electron chi connectivity index (χ3n) is 6.04. The summed E-state index contributed by atoms with van der Waals surface area (Å²) in [5.74, 6) is -0.577. The number of anilines is 1. The van der Waals surface area contributed by atoms with Crippen molar-refractivity contribution >= 4 is 23.5 Å². The maximum absolute atomic E-state index is 14.6. The molecule has 0 heterocycles. The molecule has 0 aliphatic carbocycles. The van der Waals surface area contributed by atoms with E-state index in [0.29, 0.717) is 58.6 Å². The number of nitrogens with one attached hydrogen (secondary N) is 3. The number of hydrogen-bond donors (Lipinski definition) is 3. The summed E-state index contributed by atoms with van der Waals surface area (Å²) in [5, 5.41) is 9.16. The SMILES string of the molecule is C=C/C(C(=O)N(CC)CC)=C(/C=C(\C=O)c1c(NC)cccc1-c1ccccc1F)NC.CC.CC.CCCCNC. The monoisotopic (exact) mass is 582 g/mol. The molecule has 0 aliphatic rings. The Bertz CT molecular complexity index is 1120. The lowest BCUT2D eigenvalue weighted by molar-refractivity contribution is -0.126. The van der Waals surface area contributed by atoms with Gasteiger partial charge in [0.15, 0.2) is 6.29 Å². The Hall–Kier alpha value is -3.71. The lowest BCUT2D eigenvalue weighted by atomic mass is 9.92. The van der Waals surface area contributed by atoms with Crippen LogP contribution in [0.5, 0.6) is 0 Å².